The number of fused-ring (bicyclic) bond motifs is 1. The molecule has 30 heavy (non-hydrogen) atoms. The molecule has 0 saturated heterocycles. The molecule has 0 atom stereocenters. The third kappa shape index (κ3) is 4.27. The first-order valence-corrected chi connectivity index (χ1v) is 11.3. The standard InChI is InChI=1S/C23H22N2O4S/c1-16-8-9-18(14-17(16)2)22-15-24-23(29-22)20-10-12-25(11-5-13-30(26,27)28)21-7-4-3-6-19(20)21/h3-4,6-10,12,14-15H,5,11,13H2,1-2H3. The molecule has 0 saturated carbocycles. The number of hydrogen-bond donors (Lipinski definition) is 0. The lowest BCUT2D eigenvalue weighted by Gasteiger charge is -2.07. The summed E-state index contributed by atoms with van der Waals surface area (Å²) >= 11 is 0. The van der Waals surface area contributed by atoms with Crippen LogP contribution in [-0.4, -0.2) is 23.7 Å². The van der Waals surface area contributed by atoms with E-state index in [1.165, 1.54) is 11.1 Å². The van der Waals surface area contributed by atoms with Gasteiger partial charge in [-0.05, 0) is 37.1 Å². The van der Waals surface area contributed by atoms with Gasteiger partial charge in [0.05, 0.1) is 27.3 Å². The fraction of sp³-hybridized carbons (Fsp3) is 0.217. The van der Waals surface area contributed by atoms with Gasteiger partial charge in [-0.2, -0.15) is 4.57 Å². The van der Waals surface area contributed by atoms with Crippen molar-refractivity contribution < 1.29 is 22.0 Å². The molecule has 154 valence electrons. The summed E-state index contributed by atoms with van der Waals surface area (Å²) < 4.78 is 40.7. The molecule has 6 nitrogen and oxygen atoms in total. The zero-order valence-electron chi connectivity index (χ0n) is 16.8. The molecule has 0 unspecified atom stereocenters. The molecular formula is C23H22N2O4S. The Labute approximate surface area is 175 Å². The van der Waals surface area contributed by atoms with Crippen molar-refractivity contribution in [3.05, 3.63) is 72.1 Å². The maximum atomic E-state index is 10.9. The maximum absolute atomic E-state index is 10.9. The molecule has 2 aromatic heterocycles. The Hall–Kier alpha value is -3.03. The topological polar surface area (TPSA) is 87.1 Å². The van der Waals surface area contributed by atoms with E-state index in [0.717, 1.165) is 22.0 Å². The van der Waals surface area contributed by atoms with Gasteiger partial charge in [0, 0.05) is 29.9 Å². The minimum atomic E-state index is -4.22. The Morgan fingerprint density at radius 3 is 2.63 bits per heavy atom. The second-order valence-corrected chi connectivity index (χ2v) is 8.91. The summed E-state index contributed by atoms with van der Waals surface area (Å²) in [7, 11) is -4.22. The van der Waals surface area contributed by atoms with Gasteiger partial charge in [0.15, 0.2) is 12.0 Å². The van der Waals surface area contributed by atoms with E-state index in [1.807, 2.05) is 47.2 Å². The van der Waals surface area contributed by atoms with Gasteiger partial charge in [-0.15, -0.1) is 0 Å². The van der Waals surface area contributed by atoms with E-state index >= 15 is 0 Å². The van der Waals surface area contributed by atoms with E-state index in [9.17, 15) is 13.0 Å². The second-order valence-electron chi connectivity index (χ2n) is 7.38. The summed E-state index contributed by atoms with van der Waals surface area (Å²) in [5.41, 5.74) is 5.17. The summed E-state index contributed by atoms with van der Waals surface area (Å²) in [6.45, 7) is 4.57. The average molecular weight is 423 g/mol. The summed E-state index contributed by atoms with van der Waals surface area (Å²) in [6, 6.07) is 15.9. The molecule has 0 aliphatic rings. The van der Waals surface area contributed by atoms with E-state index in [2.05, 4.69) is 31.0 Å². The van der Waals surface area contributed by atoms with Gasteiger partial charge < -0.3 is 8.97 Å². The number of aryl methyl sites for hydroxylation is 3. The van der Waals surface area contributed by atoms with Crippen molar-refractivity contribution >= 4 is 21.0 Å². The third-order valence-corrected chi connectivity index (χ3v) is 6.03. The van der Waals surface area contributed by atoms with Crippen LogP contribution in [0, 0.1) is 13.8 Å². The van der Waals surface area contributed by atoms with E-state index in [1.54, 1.807) is 6.20 Å². The van der Waals surface area contributed by atoms with Gasteiger partial charge in [0.1, 0.15) is 6.54 Å². The van der Waals surface area contributed by atoms with Gasteiger partial charge in [-0.3, -0.25) is 0 Å². The second kappa shape index (κ2) is 8.01. The lowest BCUT2D eigenvalue weighted by atomic mass is 10.1. The van der Waals surface area contributed by atoms with Gasteiger partial charge in [0.2, 0.25) is 11.4 Å². The lowest BCUT2D eigenvalue weighted by molar-refractivity contribution is -0.671. The predicted molar refractivity (Wildman–Crippen MR) is 114 cm³/mol. The normalized spacial score (nSPS) is 11.8. The van der Waals surface area contributed by atoms with Crippen LogP contribution in [0.5, 0.6) is 0 Å². The van der Waals surface area contributed by atoms with E-state index in [0.29, 0.717) is 18.2 Å². The van der Waals surface area contributed by atoms with Crippen LogP contribution in [0.15, 0.2) is 65.3 Å². The molecule has 2 heterocycles. The molecule has 0 bridgehead atoms. The van der Waals surface area contributed by atoms with Crippen LogP contribution in [0.25, 0.3) is 33.7 Å². The van der Waals surface area contributed by atoms with Crippen LogP contribution in [-0.2, 0) is 16.7 Å². The van der Waals surface area contributed by atoms with Crippen molar-refractivity contribution in [1.82, 2.24) is 4.98 Å². The van der Waals surface area contributed by atoms with E-state index in [-0.39, 0.29) is 12.2 Å². The third-order valence-electron chi connectivity index (χ3n) is 5.25. The molecule has 4 aromatic rings. The monoisotopic (exact) mass is 422 g/mol. The predicted octanol–water partition coefficient (Wildman–Crippen LogP) is 4.00. The molecule has 7 heteroatoms. The largest absolute Gasteiger partial charge is 0.748 e. The number of nitrogens with zero attached hydrogens (tertiary/aromatic N) is 2. The Morgan fingerprint density at radius 1 is 1.07 bits per heavy atom. The SMILES string of the molecule is Cc1ccc(-c2cnc(-c3cc[n+](CCCS(=O)(=O)[O-])c4ccccc34)o2)cc1C. The van der Waals surface area contributed by atoms with Crippen LogP contribution in [0.1, 0.15) is 17.5 Å². The van der Waals surface area contributed by atoms with Crippen LogP contribution in [0.4, 0.5) is 0 Å². The Kier molecular flexibility index (Phi) is 5.40. The zero-order valence-corrected chi connectivity index (χ0v) is 17.6. The van der Waals surface area contributed by atoms with Crippen molar-refractivity contribution in [2.75, 3.05) is 5.75 Å². The molecule has 2 aromatic carbocycles. The minimum Gasteiger partial charge on any atom is -0.748 e. The Bertz CT molecular complexity index is 1330. The summed E-state index contributed by atoms with van der Waals surface area (Å²) in [5, 5.41) is 0.943. The summed E-state index contributed by atoms with van der Waals surface area (Å²) in [5.74, 6) is 0.845. The fourth-order valence-electron chi connectivity index (χ4n) is 3.51. The maximum Gasteiger partial charge on any atom is 0.227 e. The number of benzene rings is 2. The quantitative estimate of drug-likeness (QED) is 0.346. The highest BCUT2D eigenvalue weighted by Gasteiger charge is 2.17. The van der Waals surface area contributed by atoms with Crippen LogP contribution in [0.3, 0.4) is 0 Å². The first kappa shape index (κ1) is 20.3. The number of oxazole rings is 1. The van der Waals surface area contributed by atoms with Crippen molar-refractivity contribution in [3.8, 4) is 22.8 Å². The highest BCUT2D eigenvalue weighted by molar-refractivity contribution is 7.85. The molecular weight excluding hydrogens is 400 g/mol. The minimum absolute atomic E-state index is 0.260. The van der Waals surface area contributed by atoms with Crippen molar-refractivity contribution in [3.63, 3.8) is 0 Å². The first-order valence-electron chi connectivity index (χ1n) is 9.70. The van der Waals surface area contributed by atoms with Crippen LogP contribution < -0.4 is 4.57 Å². The van der Waals surface area contributed by atoms with Crippen LogP contribution in [0.2, 0.25) is 0 Å². The van der Waals surface area contributed by atoms with Gasteiger partial charge in [0.25, 0.3) is 0 Å². The van der Waals surface area contributed by atoms with Crippen LogP contribution >= 0.6 is 0 Å². The average Bonchev–Trinajstić information content (AvgIpc) is 3.19. The van der Waals surface area contributed by atoms with E-state index < -0.39 is 10.1 Å². The number of aromatic nitrogens is 2. The molecule has 0 radical (unpaired) electrons. The highest BCUT2D eigenvalue weighted by atomic mass is 32.2. The molecule has 0 aliphatic carbocycles. The Balaban J connectivity index is 1.69. The molecule has 0 N–H and O–H groups in total. The van der Waals surface area contributed by atoms with Crippen molar-refractivity contribution in [1.29, 1.82) is 0 Å². The summed E-state index contributed by atoms with van der Waals surface area (Å²) in [4.78, 5) is 4.49. The van der Waals surface area contributed by atoms with Gasteiger partial charge >= 0.3 is 0 Å². The Morgan fingerprint density at radius 2 is 1.87 bits per heavy atom. The lowest BCUT2D eigenvalue weighted by Crippen LogP contribution is -2.35. The van der Waals surface area contributed by atoms with Crippen molar-refractivity contribution in [2.45, 2.75) is 26.8 Å². The number of para-hydroxylation sites is 1. The van der Waals surface area contributed by atoms with Gasteiger partial charge in [-0.1, -0.05) is 24.3 Å². The van der Waals surface area contributed by atoms with E-state index in [4.69, 9.17) is 4.42 Å². The fourth-order valence-corrected chi connectivity index (χ4v) is 3.99. The zero-order chi connectivity index (χ0) is 21.3. The number of pyridine rings is 1. The summed E-state index contributed by atoms with van der Waals surface area (Å²) in [6.07, 6.45) is 3.86. The highest BCUT2D eigenvalue weighted by Crippen LogP contribution is 2.30. The first-order chi connectivity index (χ1) is 14.3. The molecule has 0 amide bonds. The number of hydrogen-bond acceptors (Lipinski definition) is 5. The molecule has 4 rings (SSSR count). The molecule has 0 spiro atoms. The smallest absolute Gasteiger partial charge is 0.227 e. The van der Waals surface area contributed by atoms with Gasteiger partial charge in [-0.25, -0.2) is 13.4 Å². The van der Waals surface area contributed by atoms with Crippen molar-refractivity contribution in [2.24, 2.45) is 0 Å². The molecule has 0 aliphatic heterocycles. The molecule has 0 fully saturated rings. The number of rotatable bonds is 6.